The average Bonchev–Trinajstić information content (AvgIpc) is 3.49. The molecule has 212 valence electrons. The van der Waals surface area contributed by atoms with Gasteiger partial charge >= 0.3 is 0 Å². The van der Waals surface area contributed by atoms with E-state index in [0.29, 0.717) is 24.9 Å². The molecule has 0 bridgehead atoms. The number of likely N-dealkylation sites (tertiary alicyclic amines) is 2. The Morgan fingerprint density at radius 2 is 1.72 bits per heavy atom. The largest absolute Gasteiger partial charge is 0.369 e. The molecule has 0 spiro atoms. The number of anilines is 1. The van der Waals surface area contributed by atoms with Gasteiger partial charge in [0.05, 0.1) is 19.1 Å². The molecule has 3 saturated heterocycles. The first-order chi connectivity index (χ1) is 18.6. The van der Waals surface area contributed by atoms with Gasteiger partial charge in [-0.3, -0.25) is 24.0 Å². The minimum absolute atomic E-state index is 0.0790. The number of nitrogens with one attached hydrogen (secondary N) is 2. The highest BCUT2D eigenvalue weighted by molar-refractivity contribution is 6.01. The number of amides is 4. The van der Waals surface area contributed by atoms with Crippen LogP contribution in [0.3, 0.4) is 0 Å². The first-order valence-corrected chi connectivity index (χ1v) is 13.8. The van der Waals surface area contributed by atoms with Crippen molar-refractivity contribution in [3.63, 3.8) is 0 Å². The minimum atomic E-state index is -0.787. The van der Waals surface area contributed by atoms with Crippen LogP contribution in [0.25, 0.3) is 0 Å². The van der Waals surface area contributed by atoms with Crippen LogP contribution in [0.1, 0.15) is 44.0 Å². The van der Waals surface area contributed by atoms with Crippen LogP contribution < -0.4 is 15.5 Å². The molecule has 3 fully saturated rings. The smallest absolute Gasteiger partial charge is 0.251 e. The Balaban J connectivity index is 1.43. The number of rotatable bonds is 8. The van der Waals surface area contributed by atoms with E-state index >= 15 is 0 Å². The molecule has 11 heteroatoms. The Bertz CT molecular complexity index is 1100. The Hall–Kier alpha value is -3.47. The number of carbonyl (C=O) groups excluding carboxylic acids is 5. The van der Waals surface area contributed by atoms with Crippen molar-refractivity contribution in [3.8, 4) is 0 Å². The summed E-state index contributed by atoms with van der Waals surface area (Å²) in [7, 11) is 1.54. The van der Waals surface area contributed by atoms with E-state index in [1.165, 1.54) is 28.7 Å². The SMILES string of the molecule is CC(=O)N(C)CC(=O)N1CC(=O)C2C1CCN2C(=O)C(CC(C)C)NC(=O)c1ccc(N2CCNCC2)cc1. The van der Waals surface area contributed by atoms with Crippen LogP contribution in [0.15, 0.2) is 24.3 Å². The van der Waals surface area contributed by atoms with Gasteiger partial charge in [-0.2, -0.15) is 0 Å². The lowest BCUT2D eigenvalue weighted by Gasteiger charge is -2.30. The molecular weight excluding hydrogens is 500 g/mol. The third-order valence-electron chi connectivity index (χ3n) is 7.86. The van der Waals surface area contributed by atoms with Crippen LogP contribution in [0.5, 0.6) is 0 Å². The lowest BCUT2D eigenvalue weighted by atomic mass is 10.0. The third-order valence-corrected chi connectivity index (χ3v) is 7.86. The first-order valence-electron chi connectivity index (χ1n) is 13.8. The molecule has 1 aromatic rings. The van der Waals surface area contributed by atoms with Gasteiger partial charge in [0, 0.05) is 57.9 Å². The average molecular weight is 541 g/mol. The maximum Gasteiger partial charge on any atom is 0.251 e. The van der Waals surface area contributed by atoms with Crippen molar-refractivity contribution in [2.45, 2.75) is 51.7 Å². The Labute approximate surface area is 229 Å². The van der Waals surface area contributed by atoms with E-state index < -0.39 is 18.1 Å². The molecule has 0 radical (unpaired) electrons. The molecule has 0 aliphatic carbocycles. The fraction of sp³-hybridized carbons (Fsp3) is 0.607. The topological polar surface area (TPSA) is 122 Å². The zero-order valence-electron chi connectivity index (χ0n) is 23.3. The fourth-order valence-corrected chi connectivity index (χ4v) is 5.68. The quantitative estimate of drug-likeness (QED) is 0.480. The maximum absolute atomic E-state index is 13.7. The van der Waals surface area contributed by atoms with Gasteiger partial charge in [0.15, 0.2) is 5.78 Å². The maximum atomic E-state index is 13.7. The monoisotopic (exact) mass is 540 g/mol. The van der Waals surface area contributed by atoms with E-state index in [1.54, 1.807) is 12.1 Å². The molecule has 4 rings (SSSR count). The van der Waals surface area contributed by atoms with Gasteiger partial charge in [-0.15, -0.1) is 0 Å². The molecule has 3 aliphatic rings. The van der Waals surface area contributed by atoms with Crippen LogP contribution in [0, 0.1) is 5.92 Å². The lowest BCUT2D eigenvalue weighted by Crippen LogP contribution is -2.53. The number of nitrogens with zero attached hydrogens (tertiary/aromatic N) is 4. The van der Waals surface area contributed by atoms with Crippen LogP contribution in [0.2, 0.25) is 0 Å². The molecule has 3 atom stereocenters. The molecule has 39 heavy (non-hydrogen) atoms. The Morgan fingerprint density at radius 3 is 2.33 bits per heavy atom. The van der Waals surface area contributed by atoms with E-state index in [0.717, 1.165) is 31.9 Å². The number of likely N-dealkylation sites (N-methyl/N-ethyl adjacent to an activating group) is 1. The molecule has 4 amide bonds. The van der Waals surface area contributed by atoms with E-state index in [1.807, 2.05) is 26.0 Å². The number of hydrogen-bond donors (Lipinski definition) is 2. The highest BCUT2D eigenvalue weighted by Crippen LogP contribution is 2.31. The van der Waals surface area contributed by atoms with Gasteiger partial charge in [-0.05, 0) is 43.0 Å². The van der Waals surface area contributed by atoms with E-state index in [2.05, 4.69) is 15.5 Å². The summed E-state index contributed by atoms with van der Waals surface area (Å²) >= 11 is 0. The number of piperazine rings is 1. The van der Waals surface area contributed by atoms with Gasteiger partial charge in [0.2, 0.25) is 17.7 Å². The van der Waals surface area contributed by atoms with Crippen LogP contribution in [0.4, 0.5) is 5.69 Å². The van der Waals surface area contributed by atoms with Crippen molar-refractivity contribution in [1.29, 1.82) is 0 Å². The Morgan fingerprint density at radius 1 is 1.05 bits per heavy atom. The summed E-state index contributed by atoms with van der Waals surface area (Å²) in [6, 6.07) is 5.48. The molecule has 0 saturated carbocycles. The summed E-state index contributed by atoms with van der Waals surface area (Å²) in [6.07, 6.45) is 0.908. The van der Waals surface area contributed by atoms with Crippen molar-refractivity contribution in [2.75, 3.05) is 57.8 Å². The highest BCUT2D eigenvalue weighted by Gasteiger charge is 2.52. The summed E-state index contributed by atoms with van der Waals surface area (Å²) in [5.41, 5.74) is 1.53. The van der Waals surface area contributed by atoms with Crippen LogP contribution in [-0.4, -0.2) is 115 Å². The zero-order valence-corrected chi connectivity index (χ0v) is 23.3. The second-order valence-electron chi connectivity index (χ2n) is 11.1. The number of carbonyl (C=O) groups is 5. The lowest BCUT2D eigenvalue weighted by molar-refractivity contribution is -0.139. The normalized spacial score (nSPS) is 21.7. The van der Waals surface area contributed by atoms with Crippen molar-refractivity contribution in [2.24, 2.45) is 5.92 Å². The zero-order chi connectivity index (χ0) is 28.3. The summed E-state index contributed by atoms with van der Waals surface area (Å²) in [6.45, 7) is 9.13. The number of benzene rings is 1. The van der Waals surface area contributed by atoms with Gasteiger partial charge < -0.3 is 30.2 Å². The second kappa shape index (κ2) is 12.1. The molecular formula is C28H40N6O5. The van der Waals surface area contributed by atoms with Gasteiger partial charge in [0.25, 0.3) is 5.91 Å². The third kappa shape index (κ3) is 6.41. The summed E-state index contributed by atoms with van der Waals surface area (Å²) in [5, 5.41) is 6.24. The predicted molar refractivity (Wildman–Crippen MR) is 146 cm³/mol. The van der Waals surface area contributed by atoms with Crippen LogP contribution >= 0.6 is 0 Å². The van der Waals surface area contributed by atoms with Gasteiger partial charge in [-0.1, -0.05) is 13.8 Å². The van der Waals surface area contributed by atoms with Crippen molar-refractivity contribution >= 4 is 35.1 Å². The number of ketones is 1. The highest BCUT2D eigenvalue weighted by atomic mass is 16.2. The van der Waals surface area contributed by atoms with Crippen LogP contribution in [-0.2, 0) is 19.2 Å². The van der Waals surface area contributed by atoms with E-state index in [-0.39, 0.29) is 48.4 Å². The fourth-order valence-electron chi connectivity index (χ4n) is 5.68. The Kier molecular flexibility index (Phi) is 8.89. The van der Waals surface area contributed by atoms with Crippen molar-refractivity contribution < 1.29 is 24.0 Å². The number of hydrogen-bond acceptors (Lipinski definition) is 7. The summed E-state index contributed by atoms with van der Waals surface area (Å²) < 4.78 is 0. The first kappa shape index (κ1) is 28.5. The predicted octanol–water partition coefficient (Wildman–Crippen LogP) is 0.0998. The molecule has 3 heterocycles. The van der Waals surface area contributed by atoms with Crippen molar-refractivity contribution in [3.05, 3.63) is 29.8 Å². The molecule has 3 unspecified atom stereocenters. The second-order valence-corrected chi connectivity index (χ2v) is 11.1. The standard InChI is InChI=1S/C28H40N6O5/c1-18(2)15-22(30-27(38)20-5-7-21(8-6-20)32-13-10-29-11-14-32)28(39)33-12-9-23-26(33)24(36)16-34(23)25(37)17-31(4)19(3)35/h5-8,18,22-23,26,29H,9-17H2,1-4H3,(H,30,38). The van der Waals surface area contributed by atoms with E-state index in [9.17, 15) is 24.0 Å². The minimum Gasteiger partial charge on any atom is -0.369 e. The van der Waals surface area contributed by atoms with Crippen molar-refractivity contribution in [1.82, 2.24) is 25.3 Å². The summed E-state index contributed by atoms with van der Waals surface area (Å²) in [5.74, 6) is -1.24. The van der Waals surface area contributed by atoms with E-state index in [4.69, 9.17) is 0 Å². The van der Waals surface area contributed by atoms with Gasteiger partial charge in [0.1, 0.15) is 12.1 Å². The van der Waals surface area contributed by atoms with Gasteiger partial charge in [-0.25, -0.2) is 0 Å². The summed E-state index contributed by atoms with van der Waals surface area (Å²) in [4.78, 5) is 70.9. The molecule has 1 aromatic carbocycles. The molecule has 0 aromatic heterocycles. The number of fused-ring (bicyclic) bond motifs is 1. The molecule has 2 N–H and O–H groups in total. The number of Topliss-reactive ketones (excluding diaryl/α,β-unsaturated/α-hetero) is 1. The molecule has 11 nitrogen and oxygen atoms in total. The molecule has 3 aliphatic heterocycles.